The van der Waals surface area contributed by atoms with Crippen molar-refractivity contribution in [3.63, 3.8) is 0 Å². The standard InChI is InChI=1S/C9H13N.C2H4S/c1-9(2,10)8-6-4-3-5-7-8;1-2-3/h3-7H,10H2,1-2H3;2H,1H3. The topological polar surface area (TPSA) is 26.0 Å². The molecule has 72 valence electrons. The van der Waals surface area contributed by atoms with Gasteiger partial charge in [-0.1, -0.05) is 42.5 Å². The molecule has 1 nitrogen and oxygen atoms in total. The van der Waals surface area contributed by atoms with Crippen molar-refractivity contribution >= 4 is 17.6 Å². The molecule has 0 aliphatic carbocycles. The molecular formula is C11H17NS. The van der Waals surface area contributed by atoms with E-state index in [1.807, 2.05) is 51.1 Å². The first kappa shape index (κ1) is 12.3. The SMILES string of the molecule is CC(C)(N)c1ccccc1.CC=S. The molecule has 0 unspecified atom stereocenters. The third-order valence-corrected chi connectivity index (χ3v) is 1.52. The van der Waals surface area contributed by atoms with Crippen LogP contribution in [-0.2, 0) is 5.54 Å². The molecule has 1 rings (SSSR count). The lowest BCUT2D eigenvalue weighted by atomic mass is 9.96. The molecule has 0 aliphatic rings. The third kappa shape index (κ3) is 5.50. The molecule has 0 radical (unpaired) electrons. The molecule has 2 heteroatoms. The Bertz CT molecular complexity index is 236. The van der Waals surface area contributed by atoms with Gasteiger partial charge in [-0.2, -0.15) is 0 Å². The van der Waals surface area contributed by atoms with Crippen molar-refractivity contribution in [2.24, 2.45) is 5.73 Å². The van der Waals surface area contributed by atoms with E-state index in [4.69, 9.17) is 5.73 Å². The lowest BCUT2D eigenvalue weighted by Gasteiger charge is -2.18. The van der Waals surface area contributed by atoms with E-state index in [-0.39, 0.29) is 5.54 Å². The first-order valence-corrected chi connectivity index (χ1v) is 4.73. The number of thiocarbonyl (C=S) groups is 1. The summed E-state index contributed by atoms with van der Waals surface area (Å²) in [5.74, 6) is 0. The summed E-state index contributed by atoms with van der Waals surface area (Å²) < 4.78 is 0. The molecular weight excluding hydrogens is 178 g/mol. The minimum absolute atomic E-state index is 0.207. The van der Waals surface area contributed by atoms with Gasteiger partial charge in [0.15, 0.2) is 0 Å². The summed E-state index contributed by atoms with van der Waals surface area (Å²) in [6.45, 7) is 5.82. The summed E-state index contributed by atoms with van der Waals surface area (Å²) in [5, 5.41) is 1.58. The van der Waals surface area contributed by atoms with Gasteiger partial charge in [0, 0.05) is 5.54 Å². The van der Waals surface area contributed by atoms with Crippen LogP contribution < -0.4 is 5.73 Å². The monoisotopic (exact) mass is 195 g/mol. The normalized spacial score (nSPS) is 9.85. The van der Waals surface area contributed by atoms with Crippen molar-refractivity contribution in [1.29, 1.82) is 0 Å². The van der Waals surface area contributed by atoms with Crippen molar-refractivity contribution in [3.8, 4) is 0 Å². The van der Waals surface area contributed by atoms with Crippen LogP contribution in [0.15, 0.2) is 30.3 Å². The predicted molar refractivity (Wildman–Crippen MR) is 63.0 cm³/mol. The second-order valence-electron chi connectivity index (χ2n) is 3.32. The average Bonchev–Trinajstić information content (AvgIpc) is 2.06. The fourth-order valence-electron chi connectivity index (χ4n) is 0.868. The van der Waals surface area contributed by atoms with E-state index in [1.165, 1.54) is 5.56 Å². The highest BCUT2D eigenvalue weighted by Crippen LogP contribution is 2.14. The minimum atomic E-state index is -0.207. The molecule has 1 aromatic carbocycles. The number of hydrogen-bond acceptors (Lipinski definition) is 2. The van der Waals surface area contributed by atoms with Crippen LogP contribution in [0.2, 0.25) is 0 Å². The second kappa shape index (κ2) is 5.84. The summed E-state index contributed by atoms with van der Waals surface area (Å²) in [6.07, 6.45) is 0. The molecule has 0 heterocycles. The van der Waals surface area contributed by atoms with Crippen molar-refractivity contribution in [2.45, 2.75) is 26.3 Å². The molecule has 0 aliphatic heterocycles. The van der Waals surface area contributed by atoms with Crippen molar-refractivity contribution < 1.29 is 0 Å². The van der Waals surface area contributed by atoms with Gasteiger partial charge in [0.05, 0.1) is 0 Å². The van der Waals surface area contributed by atoms with Crippen molar-refractivity contribution in [3.05, 3.63) is 35.9 Å². The first-order chi connectivity index (χ1) is 6.02. The van der Waals surface area contributed by atoms with Crippen LogP contribution in [0, 0.1) is 0 Å². The Kier molecular flexibility index (Phi) is 5.51. The Morgan fingerprint density at radius 1 is 1.23 bits per heavy atom. The van der Waals surface area contributed by atoms with Crippen LogP contribution in [0.1, 0.15) is 26.3 Å². The Morgan fingerprint density at radius 2 is 1.62 bits per heavy atom. The van der Waals surface area contributed by atoms with Crippen LogP contribution in [0.3, 0.4) is 0 Å². The summed E-state index contributed by atoms with van der Waals surface area (Å²) in [6, 6.07) is 10.1. The molecule has 2 N–H and O–H groups in total. The van der Waals surface area contributed by atoms with Crippen LogP contribution in [-0.4, -0.2) is 5.37 Å². The lowest BCUT2D eigenvalue weighted by molar-refractivity contribution is 0.554. The maximum Gasteiger partial charge on any atom is 0.0352 e. The maximum absolute atomic E-state index is 5.86. The predicted octanol–water partition coefficient (Wildman–Crippen LogP) is 2.89. The second-order valence-corrected chi connectivity index (χ2v) is 3.79. The molecule has 0 saturated carbocycles. The van der Waals surface area contributed by atoms with E-state index >= 15 is 0 Å². The fourth-order valence-corrected chi connectivity index (χ4v) is 0.868. The molecule has 0 amide bonds. The zero-order valence-corrected chi connectivity index (χ0v) is 9.27. The average molecular weight is 195 g/mol. The molecule has 1 aromatic rings. The van der Waals surface area contributed by atoms with Crippen molar-refractivity contribution in [1.82, 2.24) is 0 Å². The first-order valence-electron chi connectivity index (χ1n) is 4.26. The molecule has 0 atom stereocenters. The lowest BCUT2D eigenvalue weighted by Crippen LogP contribution is -2.28. The number of nitrogens with two attached hydrogens (primary N) is 1. The summed E-state index contributed by atoms with van der Waals surface area (Å²) in [5.41, 5.74) is 6.83. The fraction of sp³-hybridized carbons (Fsp3) is 0.364. The van der Waals surface area contributed by atoms with Crippen LogP contribution >= 0.6 is 12.2 Å². The van der Waals surface area contributed by atoms with E-state index in [0.29, 0.717) is 0 Å². The largest absolute Gasteiger partial charge is 0.322 e. The summed E-state index contributed by atoms with van der Waals surface area (Å²) in [7, 11) is 0. The quantitative estimate of drug-likeness (QED) is 0.697. The molecule has 0 fully saturated rings. The molecule has 0 aromatic heterocycles. The van der Waals surface area contributed by atoms with Crippen LogP contribution in [0.4, 0.5) is 0 Å². The van der Waals surface area contributed by atoms with Crippen LogP contribution in [0.25, 0.3) is 0 Å². The highest BCUT2D eigenvalue weighted by atomic mass is 32.1. The van der Waals surface area contributed by atoms with Gasteiger partial charge in [-0.05, 0) is 31.7 Å². The van der Waals surface area contributed by atoms with Crippen molar-refractivity contribution in [2.75, 3.05) is 0 Å². The highest BCUT2D eigenvalue weighted by molar-refractivity contribution is 7.78. The zero-order valence-electron chi connectivity index (χ0n) is 8.45. The summed E-state index contributed by atoms with van der Waals surface area (Å²) >= 11 is 4.27. The number of rotatable bonds is 1. The Labute approximate surface area is 86.0 Å². The Hall–Kier alpha value is -0.730. The van der Waals surface area contributed by atoms with Crippen LogP contribution in [0.5, 0.6) is 0 Å². The van der Waals surface area contributed by atoms with E-state index in [0.717, 1.165) is 0 Å². The number of benzene rings is 1. The van der Waals surface area contributed by atoms with E-state index in [1.54, 1.807) is 5.37 Å². The van der Waals surface area contributed by atoms with Gasteiger partial charge in [-0.3, -0.25) is 0 Å². The zero-order chi connectivity index (χ0) is 10.3. The van der Waals surface area contributed by atoms with Gasteiger partial charge in [0.1, 0.15) is 0 Å². The third-order valence-electron chi connectivity index (χ3n) is 1.52. The molecule has 13 heavy (non-hydrogen) atoms. The van der Waals surface area contributed by atoms with E-state index in [2.05, 4.69) is 12.2 Å². The van der Waals surface area contributed by atoms with E-state index < -0.39 is 0 Å². The van der Waals surface area contributed by atoms with Gasteiger partial charge in [0.2, 0.25) is 0 Å². The smallest absolute Gasteiger partial charge is 0.0352 e. The van der Waals surface area contributed by atoms with Gasteiger partial charge in [0.25, 0.3) is 0 Å². The maximum atomic E-state index is 5.86. The van der Waals surface area contributed by atoms with Gasteiger partial charge in [-0.25, -0.2) is 0 Å². The Balaban J connectivity index is 0.000000424. The summed E-state index contributed by atoms with van der Waals surface area (Å²) in [4.78, 5) is 0. The minimum Gasteiger partial charge on any atom is -0.322 e. The number of hydrogen-bond donors (Lipinski definition) is 1. The van der Waals surface area contributed by atoms with Gasteiger partial charge < -0.3 is 5.73 Å². The molecule has 0 bridgehead atoms. The van der Waals surface area contributed by atoms with Gasteiger partial charge >= 0.3 is 0 Å². The molecule has 0 saturated heterocycles. The van der Waals surface area contributed by atoms with Gasteiger partial charge in [-0.15, -0.1) is 0 Å². The van der Waals surface area contributed by atoms with E-state index in [9.17, 15) is 0 Å². The Morgan fingerprint density at radius 3 is 1.85 bits per heavy atom. The molecule has 0 spiro atoms. The highest BCUT2D eigenvalue weighted by Gasteiger charge is 2.11.